The number of aromatic nitrogens is 1. The van der Waals surface area contributed by atoms with Crippen molar-refractivity contribution in [2.45, 2.75) is 26.3 Å². The maximum atomic E-state index is 11.6. The minimum absolute atomic E-state index is 0. The molecular weight excluding hydrogens is 281 g/mol. The van der Waals surface area contributed by atoms with Crippen molar-refractivity contribution in [1.82, 2.24) is 9.88 Å². The van der Waals surface area contributed by atoms with Crippen LogP contribution in [0.15, 0.2) is 5.51 Å². The van der Waals surface area contributed by atoms with Gasteiger partial charge in [0, 0.05) is 18.3 Å². The fourth-order valence-corrected chi connectivity index (χ4v) is 2.06. The number of halogens is 2. The second-order valence-electron chi connectivity index (χ2n) is 3.50. The molecule has 0 fully saturated rings. The Hall–Kier alpha value is -0.360. The smallest absolute Gasteiger partial charge is 0.222 e. The first-order valence-electron chi connectivity index (χ1n) is 4.98. The van der Waals surface area contributed by atoms with Crippen LogP contribution in [-0.2, 0) is 11.3 Å². The summed E-state index contributed by atoms with van der Waals surface area (Å²) in [6, 6.07) is 0. The van der Waals surface area contributed by atoms with Crippen LogP contribution >= 0.6 is 36.2 Å². The van der Waals surface area contributed by atoms with Crippen LogP contribution in [0, 0.1) is 6.92 Å². The van der Waals surface area contributed by atoms with Crippen molar-refractivity contribution in [3.8, 4) is 0 Å². The summed E-state index contributed by atoms with van der Waals surface area (Å²) in [5.74, 6) is 0.147. The average molecular weight is 300 g/mol. The van der Waals surface area contributed by atoms with E-state index in [0.29, 0.717) is 19.5 Å². The van der Waals surface area contributed by atoms with Gasteiger partial charge in [-0.3, -0.25) is 4.79 Å². The van der Waals surface area contributed by atoms with E-state index < -0.39 is 0 Å². The van der Waals surface area contributed by atoms with Crippen molar-refractivity contribution in [1.29, 1.82) is 0 Å². The van der Waals surface area contributed by atoms with Crippen molar-refractivity contribution in [2.75, 3.05) is 13.6 Å². The molecule has 100 valence electrons. The second-order valence-corrected chi connectivity index (χ2v) is 4.44. The third-order valence-corrected chi connectivity index (χ3v) is 3.17. The van der Waals surface area contributed by atoms with E-state index in [2.05, 4.69) is 4.98 Å². The number of rotatable bonds is 5. The minimum Gasteiger partial charge on any atom is -0.341 e. The van der Waals surface area contributed by atoms with Crippen molar-refractivity contribution in [3.63, 3.8) is 0 Å². The monoisotopic (exact) mass is 299 g/mol. The number of amides is 1. The molecule has 1 heterocycles. The summed E-state index contributed by atoms with van der Waals surface area (Å²) in [5, 5.41) is 0. The summed E-state index contributed by atoms with van der Waals surface area (Å²) >= 11 is 1.59. The fourth-order valence-electron chi connectivity index (χ4n) is 1.23. The number of nitrogens with two attached hydrogens (primary N) is 1. The van der Waals surface area contributed by atoms with E-state index >= 15 is 0 Å². The number of nitrogens with zero attached hydrogens (tertiary/aromatic N) is 2. The molecular formula is C10H19Cl2N3OS. The van der Waals surface area contributed by atoms with Crippen molar-refractivity contribution >= 4 is 42.1 Å². The van der Waals surface area contributed by atoms with Crippen LogP contribution in [0.5, 0.6) is 0 Å². The van der Waals surface area contributed by atoms with Crippen LogP contribution in [0.1, 0.15) is 23.4 Å². The third kappa shape index (κ3) is 6.21. The van der Waals surface area contributed by atoms with Crippen LogP contribution in [0.4, 0.5) is 0 Å². The Labute approximate surface area is 118 Å². The third-order valence-electron chi connectivity index (χ3n) is 2.25. The van der Waals surface area contributed by atoms with E-state index in [1.54, 1.807) is 16.2 Å². The molecule has 0 aliphatic heterocycles. The first kappa shape index (κ1) is 19.0. The molecule has 17 heavy (non-hydrogen) atoms. The highest BCUT2D eigenvalue weighted by molar-refractivity contribution is 7.09. The molecule has 1 aromatic heterocycles. The van der Waals surface area contributed by atoms with Gasteiger partial charge in [-0.1, -0.05) is 0 Å². The molecule has 1 rings (SSSR count). The number of aryl methyl sites for hydroxylation is 1. The van der Waals surface area contributed by atoms with Gasteiger partial charge in [0.25, 0.3) is 0 Å². The lowest BCUT2D eigenvalue weighted by molar-refractivity contribution is -0.130. The highest BCUT2D eigenvalue weighted by atomic mass is 35.5. The summed E-state index contributed by atoms with van der Waals surface area (Å²) in [5.41, 5.74) is 8.18. The van der Waals surface area contributed by atoms with E-state index in [0.717, 1.165) is 17.0 Å². The first-order valence-corrected chi connectivity index (χ1v) is 5.86. The fraction of sp³-hybridized carbons (Fsp3) is 0.600. The molecule has 0 aliphatic carbocycles. The lowest BCUT2D eigenvalue weighted by atomic mass is 10.2. The molecule has 2 N–H and O–H groups in total. The molecule has 0 atom stereocenters. The minimum atomic E-state index is 0. The Morgan fingerprint density at radius 3 is 2.65 bits per heavy atom. The van der Waals surface area contributed by atoms with E-state index in [9.17, 15) is 4.79 Å². The van der Waals surface area contributed by atoms with Gasteiger partial charge in [-0.15, -0.1) is 36.2 Å². The van der Waals surface area contributed by atoms with E-state index in [4.69, 9.17) is 5.73 Å². The molecule has 7 heteroatoms. The first-order chi connectivity index (χ1) is 7.15. The maximum Gasteiger partial charge on any atom is 0.222 e. The van der Waals surface area contributed by atoms with Crippen LogP contribution in [0.3, 0.4) is 0 Å². The Morgan fingerprint density at radius 2 is 2.18 bits per heavy atom. The number of carbonyl (C=O) groups excluding carboxylic acids is 1. The van der Waals surface area contributed by atoms with Gasteiger partial charge < -0.3 is 10.6 Å². The Balaban J connectivity index is 0. The molecule has 0 bridgehead atoms. The zero-order chi connectivity index (χ0) is 11.3. The predicted molar refractivity (Wildman–Crippen MR) is 76.1 cm³/mol. The van der Waals surface area contributed by atoms with E-state index in [1.165, 1.54) is 0 Å². The molecule has 1 amide bonds. The largest absolute Gasteiger partial charge is 0.341 e. The Kier molecular flexibility index (Phi) is 10.8. The molecule has 0 radical (unpaired) electrons. The molecule has 0 unspecified atom stereocenters. The standard InChI is InChI=1S/C10H17N3OS.2ClH/c1-8-9(15-7-12-8)6-13(2)10(14)4-3-5-11;;/h7H,3-6,11H2,1-2H3;2*1H. The second kappa shape index (κ2) is 9.65. The topological polar surface area (TPSA) is 59.2 Å². The quantitative estimate of drug-likeness (QED) is 0.904. The zero-order valence-corrected chi connectivity index (χ0v) is 12.5. The van der Waals surface area contributed by atoms with Gasteiger partial charge in [-0.2, -0.15) is 0 Å². The summed E-state index contributed by atoms with van der Waals surface area (Å²) in [7, 11) is 1.82. The molecule has 4 nitrogen and oxygen atoms in total. The lowest BCUT2D eigenvalue weighted by Crippen LogP contribution is -2.26. The molecule has 1 aromatic rings. The number of hydrogen-bond acceptors (Lipinski definition) is 4. The number of carbonyl (C=O) groups is 1. The van der Waals surface area contributed by atoms with Crippen molar-refractivity contribution in [3.05, 3.63) is 16.1 Å². The SMILES string of the molecule is Cc1ncsc1CN(C)C(=O)CCCN.Cl.Cl. The summed E-state index contributed by atoms with van der Waals surface area (Å²) < 4.78 is 0. The average Bonchev–Trinajstić information content (AvgIpc) is 2.61. The van der Waals surface area contributed by atoms with Crippen LogP contribution in [-0.4, -0.2) is 29.4 Å². The van der Waals surface area contributed by atoms with E-state index in [-0.39, 0.29) is 30.7 Å². The highest BCUT2D eigenvalue weighted by Gasteiger charge is 2.10. The van der Waals surface area contributed by atoms with Gasteiger partial charge in [-0.05, 0) is 19.9 Å². The Bertz CT molecular complexity index is 333. The van der Waals surface area contributed by atoms with Crippen LogP contribution < -0.4 is 5.73 Å². The molecule has 0 aromatic carbocycles. The predicted octanol–water partition coefficient (Wildman–Crippen LogP) is 1.99. The molecule has 0 saturated heterocycles. The highest BCUT2D eigenvalue weighted by Crippen LogP contribution is 2.14. The normalized spacial score (nSPS) is 9.12. The van der Waals surface area contributed by atoms with Crippen molar-refractivity contribution in [2.24, 2.45) is 5.73 Å². The van der Waals surface area contributed by atoms with Gasteiger partial charge in [0.15, 0.2) is 0 Å². The van der Waals surface area contributed by atoms with Crippen LogP contribution in [0.25, 0.3) is 0 Å². The summed E-state index contributed by atoms with van der Waals surface area (Å²) in [6.45, 7) is 3.18. The lowest BCUT2D eigenvalue weighted by Gasteiger charge is -2.16. The maximum absolute atomic E-state index is 11.6. The van der Waals surface area contributed by atoms with Gasteiger partial charge in [0.1, 0.15) is 0 Å². The van der Waals surface area contributed by atoms with Gasteiger partial charge in [0.2, 0.25) is 5.91 Å². The molecule has 0 saturated carbocycles. The van der Waals surface area contributed by atoms with Gasteiger partial charge in [0.05, 0.1) is 17.7 Å². The zero-order valence-electron chi connectivity index (χ0n) is 10.0. The van der Waals surface area contributed by atoms with Gasteiger partial charge in [-0.25, -0.2) is 4.98 Å². The molecule has 0 aliphatic rings. The van der Waals surface area contributed by atoms with Crippen LogP contribution in [0.2, 0.25) is 0 Å². The summed E-state index contributed by atoms with van der Waals surface area (Å²) in [6.07, 6.45) is 1.29. The molecule has 0 spiro atoms. The number of hydrogen-bond donors (Lipinski definition) is 1. The van der Waals surface area contributed by atoms with E-state index in [1.807, 2.05) is 19.5 Å². The van der Waals surface area contributed by atoms with Gasteiger partial charge >= 0.3 is 0 Å². The number of thiazole rings is 1. The Morgan fingerprint density at radius 1 is 1.53 bits per heavy atom. The van der Waals surface area contributed by atoms with Crippen molar-refractivity contribution < 1.29 is 4.79 Å². The summed E-state index contributed by atoms with van der Waals surface area (Å²) in [4.78, 5) is 18.6.